The number of thioether (sulfide) groups is 1. The predicted molar refractivity (Wildman–Crippen MR) is 111 cm³/mol. The van der Waals surface area contributed by atoms with Crippen molar-refractivity contribution in [3.05, 3.63) is 53.2 Å². The van der Waals surface area contributed by atoms with Crippen LogP contribution in [0, 0.1) is 13.8 Å². The standard InChI is InChI=1S/C17H22N4S.HI/c1-4-22-16-10-14(5-6-19-16)11-20-17(18)21-15-8-12(2)7-13(3)9-15;/h5-10H,4,11H2,1-3H3,(H3,18,20,21);1H. The van der Waals surface area contributed by atoms with Crippen molar-refractivity contribution >= 4 is 47.4 Å². The number of rotatable bonds is 5. The van der Waals surface area contributed by atoms with E-state index in [0.717, 1.165) is 22.0 Å². The molecule has 0 saturated carbocycles. The van der Waals surface area contributed by atoms with Crippen LogP contribution in [0.3, 0.4) is 0 Å². The number of anilines is 1. The first-order valence-corrected chi connectivity index (χ1v) is 8.28. The zero-order valence-corrected chi connectivity index (χ0v) is 16.8. The average molecular weight is 442 g/mol. The van der Waals surface area contributed by atoms with Crippen LogP contribution < -0.4 is 11.1 Å². The highest BCUT2D eigenvalue weighted by molar-refractivity contribution is 14.0. The van der Waals surface area contributed by atoms with Gasteiger partial charge >= 0.3 is 0 Å². The number of hydrogen-bond acceptors (Lipinski definition) is 3. The Morgan fingerprint density at radius 3 is 2.57 bits per heavy atom. The number of nitrogens with zero attached hydrogens (tertiary/aromatic N) is 2. The molecule has 1 heterocycles. The van der Waals surface area contributed by atoms with Crippen LogP contribution in [0.4, 0.5) is 5.69 Å². The van der Waals surface area contributed by atoms with Gasteiger partial charge < -0.3 is 11.1 Å². The normalized spacial score (nSPS) is 11.0. The summed E-state index contributed by atoms with van der Waals surface area (Å²) in [5.41, 5.74) is 10.4. The van der Waals surface area contributed by atoms with Gasteiger partial charge in [0, 0.05) is 11.9 Å². The number of benzene rings is 1. The maximum Gasteiger partial charge on any atom is 0.193 e. The molecule has 6 heteroatoms. The van der Waals surface area contributed by atoms with Crippen LogP contribution in [0.25, 0.3) is 0 Å². The van der Waals surface area contributed by atoms with E-state index in [4.69, 9.17) is 5.73 Å². The van der Waals surface area contributed by atoms with Crippen LogP contribution >= 0.6 is 35.7 Å². The Kier molecular flexibility index (Phi) is 8.40. The smallest absolute Gasteiger partial charge is 0.193 e. The van der Waals surface area contributed by atoms with Crippen LogP contribution in [-0.2, 0) is 6.54 Å². The third-order valence-electron chi connectivity index (χ3n) is 3.02. The van der Waals surface area contributed by atoms with Crippen molar-refractivity contribution in [2.75, 3.05) is 11.1 Å². The maximum absolute atomic E-state index is 5.97. The predicted octanol–water partition coefficient (Wildman–Crippen LogP) is 4.36. The fourth-order valence-electron chi connectivity index (χ4n) is 2.19. The van der Waals surface area contributed by atoms with Gasteiger partial charge in [0.15, 0.2) is 5.96 Å². The van der Waals surface area contributed by atoms with E-state index in [9.17, 15) is 0 Å². The van der Waals surface area contributed by atoms with Crippen molar-refractivity contribution < 1.29 is 0 Å². The van der Waals surface area contributed by atoms with E-state index in [1.807, 2.05) is 12.3 Å². The van der Waals surface area contributed by atoms with Crippen molar-refractivity contribution in [3.8, 4) is 0 Å². The minimum absolute atomic E-state index is 0. The molecule has 0 bridgehead atoms. The maximum atomic E-state index is 5.97. The number of nitrogens with one attached hydrogen (secondary N) is 1. The van der Waals surface area contributed by atoms with Crippen LogP contribution in [-0.4, -0.2) is 16.7 Å². The van der Waals surface area contributed by atoms with Gasteiger partial charge in [-0.2, -0.15) is 0 Å². The number of aromatic nitrogens is 1. The van der Waals surface area contributed by atoms with E-state index in [1.54, 1.807) is 11.8 Å². The molecule has 0 radical (unpaired) electrons. The topological polar surface area (TPSA) is 63.3 Å². The van der Waals surface area contributed by atoms with Crippen molar-refractivity contribution in [2.24, 2.45) is 10.7 Å². The second-order valence-electron chi connectivity index (χ2n) is 5.14. The Morgan fingerprint density at radius 1 is 1.22 bits per heavy atom. The lowest BCUT2D eigenvalue weighted by Gasteiger charge is -2.08. The molecule has 1 aromatic carbocycles. The molecule has 2 aromatic rings. The SMILES string of the molecule is CCSc1cc(CN=C(N)Nc2cc(C)cc(C)c2)ccn1.I. The lowest BCUT2D eigenvalue weighted by molar-refractivity contribution is 1.01. The summed E-state index contributed by atoms with van der Waals surface area (Å²) in [6, 6.07) is 10.3. The fraction of sp³-hybridized carbons (Fsp3) is 0.294. The first-order valence-electron chi connectivity index (χ1n) is 7.30. The first kappa shape index (κ1) is 19.8. The van der Waals surface area contributed by atoms with Gasteiger partial charge in [0.2, 0.25) is 0 Å². The summed E-state index contributed by atoms with van der Waals surface area (Å²) in [6.07, 6.45) is 1.82. The molecule has 3 N–H and O–H groups in total. The molecule has 1 aromatic heterocycles. The Hall–Kier alpha value is -1.28. The van der Waals surface area contributed by atoms with Gasteiger partial charge in [0.1, 0.15) is 0 Å². The van der Waals surface area contributed by atoms with Crippen LogP contribution in [0.15, 0.2) is 46.5 Å². The lowest BCUT2D eigenvalue weighted by Crippen LogP contribution is -2.22. The van der Waals surface area contributed by atoms with E-state index < -0.39 is 0 Å². The van der Waals surface area contributed by atoms with Crippen LogP contribution in [0.2, 0.25) is 0 Å². The summed E-state index contributed by atoms with van der Waals surface area (Å²) < 4.78 is 0. The van der Waals surface area contributed by atoms with Gasteiger partial charge in [-0.25, -0.2) is 9.98 Å². The molecule has 0 aliphatic carbocycles. The van der Waals surface area contributed by atoms with Gasteiger partial charge in [0.05, 0.1) is 11.6 Å². The molecule has 0 saturated heterocycles. The van der Waals surface area contributed by atoms with Gasteiger partial charge in [-0.1, -0.05) is 13.0 Å². The highest BCUT2D eigenvalue weighted by Crippen LogP contribution is 2.16. The van der Waals surface area contributed by atoms with E-state index >= 15 is 0 Å². The van der Waals surface area contributed by atoms with Gasteiger partial charge in [-0.15, -0.1) is 35.7 Å². The Balaban J connectivity index is 0.00000264. The molecule has 4 nitrogen and oxygen atoms in total. The summed E-state index contributed by atoms with van der Waals surface area (Å²) in [5.74, 6) is 1.43. The van der Waals surface area contributed by atoms with E-state index in [2.05, 4.69) is 60.3 Å². The van der Waals surface area contributed by atoms with E-state index in [-0.39, 0.29) is 24.0 Å². The molecule has 0 unspecified atom stereocenters. The number of aliphatic imine (C=N–C) groups is 1. The van der Waals surface area contributed by atoms with E-state index in [0.29, 0.717) is 12.5 Å². The molecule has 124 valence electrons. The number of guanidine groups is 1. The second-order valence-corrected chi connectivity index (χ2v) is 6.42. The molecule has 0 fully saturated rings. The quantitative estimate of drug-likeness (QED) is 0.313. The molecule has 0 atom stereocenters. The zero-order chi connectivity index (χ0) is 15.9. The third-order valence-corrected chi connectivity index (χ3v) is 3.83. The monoisotopic (exact) mass is 442 g/mol. The molecule has 0 aliphatic rings. The van der Waals surface area contributed by atoms with Crippen LogP contribution in [0.1, 0.15) is 23.6 Å². The zero-order valence-electron chi connectivity index (χ0n) is 13.7. The Morgan fingerprint density at radius 2 is 1.91 bits per heavy atom. The van der Waals surface area contributed by atoms with Crippen molar-refractivity contribution in [1.82, 2.24) is 4.98 Å². The highest BCUT2D eigenvalue weighted by atomic mass is 127. The van der Waals surface area contributed by atoms with Gasteiger partial charge in [0.25, 0.3) is 0 Å². The average Bonchev–Trinajstić information content (AvgIpc) is 2.45. The minimum Gasteiger partial charge on any atom is -0.370 e. The lowest BCUT2D eigenvalue weighted by atomic mass is 10.1. The van der Waals surface area contributed by atoms with Crippen LogP contribution in [0.5, 0.6) is 0 Å². The Labute approximate surface area is 159 Å². The molecule has 2 rings (SSSR count). The highest BCUT2D eigenvalue weighted by Gasteiger charge is 2.00. The number of nitrogens with two attached hydrogens (primary N) is 1. The molecule has 0 aliphatic heterocycles. The molecule has 0 spiro atoms. The number of halogens is 1. The van der Waals surface area contributed by atoms with Crippen molar-refractivity contribution in [2.45, 2.75) is 32.3 Å². The molecule has 23 heavy (non-hydrogen) atoms. The minimum atomic E-state index is 0. The number of hydrogen-bond donors (Lipinski definition) is 2. The van der Waals surface area contributed by atoms with E-state index in [1.165, 1.54) is 11.1 Å². The summed E-state index contributed by atoms with van der Waals surface area (Å²) in [7, 11) is 0. The number of pyridine rings is 1. The summed E-state index contributed by atoms with van der Waals surface area (Å²) in [6.45, 7) is 6.79. The van der Waals surface area contributed by atoms with Gasteiger partial charge in [-0.05, 0) is 60.6 Å². The third kappa shape index (κ3) is 6.78. The molecular formula is C17H23IN4S. The van der Waals surface area contributed by atoms with Crippen molar-refractivity contribution in [1.29, 1.82) is 0 Å². The summed E-state index contributed by atoms with van der Waals surface area (Å²) in [4.78, 5) is 8.71. The molecular weight excluding hydrogens is 419 g/mol. The fourth-order valence-corrected chi connectivity index (χ4v) is 2.85. The second kappa shape index (κ2) is 9.77. The van der Waals surface area contributed by atoms with Gasteiger partial charge in [-0.3, -0.25) is 0 Å². The first-order chi connectivity index (χ1) is 10.6. The van der Waals surface area contributed by atoms with Crippen molar-refractivity contribution in [3.63, 3.8) is 0 Å². The molecule has 0 amide bonds. The Bertz CT molecular complexity index is 653. The summed E-state index contributed by atoms with van der Waals surface area (Å²) >= 11 is 1.72. The summed E-state index contributed by atoms with van der Waals surface area (Å²) in [5, 5.41) is 4.16. The largest absolute Gasteiger partial charge is 0.370 e. The number of aryl methyl sites for hydroxylation is 2.